The van der Waals surface area contributed by atoms with Crippen molar-refractivity contribution in [1.82, 2.24) is 19.3 Å². The average Bonchev–Trinajstić information content (AvgIpc) is 3.46. The Labute approximate surface area is 200 Å². The number of halogens is 2. The Morgan fingerprint density at radius 2 is 1.80 bits per heavy atom. The molecule has 0 saturated carbocycles. The van der Waals surface area contributed by atoms with Crippen LogP contribution in [0.3, 0.4) is 0 Å². The zero-order chi connectivity index (χ0) is 24.7. The van der Waals surface area contributed by atoms with Crippen molar-refractivity contribution < 1.29 is 17.2 Å². The molecule has 0 aliphatic carbocycles. The standard InChI is InChI=1S/C25H21F2N5O2S/c1-3-35(33,34)30-20-8-17(22-11-19(26)5-6-23(22)27)9-21(12-20)32-15-28-24-10-16(4-7-25(24)32)18-13-29-31(2)14-18/h4-15,30H,3H2,1-2H3. The van der Waals surface area contributed by atoms with Gasteiger partial charge in [-0.15, -0.1) is 0 Å². The molecule has 0 atom stereocenters. The van der Waals surface area contributed by atoms with Crippen LogP contribution < -0.4 is 4.72 Å². The third kappa shape index (κ3) is 4.52. The van der Waals surface area contributed by atoms with E-state index in [1.54, 1.807) is 33.9 Å². The Kier molecular flexibility index (Phi) is 5.60. The largest absolute Gasteiger partial charge is 0.299 e. The van der Waals surface area contributed by atoms with Gasteiger partial charge in [0.05, 0.1) is 28.7 Å². The number of imidazole rings is 1. The molecule has 35 heavy (non-hydrogen) atoms. The van der Waals surface area contributed by atoms with Crippen LogP contribution in [0.5, 0.6) is 0 Å². The number of hydrogen-bond acceptors (Lipinski definition) is 4. The number of nitrogens with zero attached hydrogens (tertiary/aromatic N) is 4. The van der Waals surface area contributed by atoms with Gasteiger partial charge in [0.15, 0.2) is 0 Å². The van der Waals surface area contributed by atoms with E-state index in [0.717, 1.165) is 34.8 Å². The molecule has 178 valence electrons. The molecule has 0 aliphatic rings. The lowest BCUT2D eigenvalue weighted by Crippen LogP contribution is -2.15. The summed E-state index contributed by atoms with van der Waals surface area (Å²) < 4.78 is 59.0. The Hall–Kier alpha value is -4.05. The zero-order valence-corrected chi connectivity index (χ0v) is 19.7. The summed E-state index contributed by atoms with van der Waals surface area (Å²) in [4.78, 5) is 4.51. The number of benzene rings is 3. The highest BCUT2D eigenvalue weighted by Gasteiger charge is 2.15. The van der Waals surface area contributed by atoms with Crippen LogP contribution >= 0.6 is 0 Å². The van der Waals surface area contributed by atoms with Gasteiger partial charge in [-0.2, -0.15) is 5.10 Å². The predicted octanol–water partition coefficient (Wildman–Crippen LogP) is 5.13. The quantitative estimate of drug-likeness (QED) is 0.355. The van der Waals surface area contributed by atoms with Crippen molar-refractivity contribution in [2.24, 2.45) is 7.05 Å². The van der Waals surface area contributed by atoms with Gasteiger partial charge in [0.1, 0.15) is 18.0 Å². The van der Waals surface area contributed by atoms with Gasteiger partial charge in [-0.05, 0) is 66.6 Å². The fourth-order valence-electron chi connectivity index (χ4n) is 3.90. The summed E-state index contributed by atoms with van der Waals surface area (Å²) in [6.07, 6.45) is 5.28. The van der Waals surface area contributed by atoms with Crippen molar-refractivity contribution in [3.05, 3.63) is 85.0 Å². The van der Waals surface area contributed by atoms with Crippen LogP contribution in [0.2, 0.25) is 0 Å². The second-order valence-corrected chi connectivity index (χ2v) is 10.1. The first-order chi connectivity index (χ1) is 16.7. The summed E-state index contributed by atoms with van der Waals surface area (Å²) >= 11 is 0. The summed E-state index contributed by atoms with van der Waals surface area (Å²) in [6, 6.07) is 13.7. The lowest BCUT2D eigenvalue weighted by Gasteiger charge is -2.14. The molecule has 0 amide bonds. The van der Waals surface area contributed by atoms with Crippen molar-refractivity contribution in [2.75, 3.05) is 10.5 Å². The van der Waals surface area contributed by atoms with E-state index in [1.807, 2.05) is 31.4 Å². The van der Waals surface area contributed by atoms with Gasteiger partial charge in [-0.1, -0.05) is 6.07 Å². The molecule has 10 heteroatoms. The molecule has 0 saturated heterocycles. The SMILES string of the molecule is CCS(=O)(=O)Nc1cc(-c2cc(F)ccc2F)cc(-n2cnc3cc(-c4cnn(C)c4)ccc32)c1. The molecule has 1 N–H and O–H groups in total. The van der Waals surface area contributed by atoms with Crippen LogP contribution in [0, 0.1) is 11.6 Å². The van der Waals surface area contributed by atoms with E-state index in [2.05, 4.69) is 14.8 Å². The highest BCUT2D eigenvalue weighted by molar-refractivity contribution is 7.92. The number of hydrogen-bond donors (Lipinski definition) is 1. The molecule has 2 aromatic heterocycles. The minimum Gasteiger partial charge on any atom is -0.299 e. The molecule has 2 heterocycles. The first-order valence-electron chi connectivity index (χ1n) is 10.8. The van der Waals surface area contributed by atoms with Crippen LogP contribution in [-0.2, 0) is 17.1 Å². The fraction of sp³-hybridized carbons (Fsp3) is 0.120. The molecule has 7 nitrogen and oxygen atoms in total. The second kappa shape index (κ2) is 8.62. The maximum absolute atomic E-state index is 14.6. The van der Waals surface area contributed by atoms with Crippen LogP contribution in [0.15, 0.2) is 73.3 Å². The second-order valence-electron chi connectivity index (χ2n) is 8.12. The van der Waals surface area contributed by atoms with E-state index in [-0.39, 0.29) is 17.0 Å². The fourth-order valence-corrected chi connectivity index (χ4v) is 4.52. The number of sulfonamides is 1. The summed E-state index contributed by atoms with van der Waals surface area (Å²) in [6.45, 7) is 1.52. The van der Waals surface area contributed by atoms with Gasteiger partial charge in [0, 0.05) is 30.1 Å². The van der Waals surface area contributed by atoms with E-state index in [1.165, 1.54) is 13.0 Å². The van der Waals surface area contributed by atoms with Crippen molar-refractivity contribution in [1.29, 1.82) is 0 Å². The van der Waals surface area contributed by atoms with Gasteiger partial charge in [-0.3, -0.25) is 14.0 Å². The lowest BCUT2D eigenvalue weighted by molar-refractivity contribution is 0.602. The molecule has 0 aliphatic heterocycles. The summed E-state index contributed by atoms with van der Waals surface area (Å²) in [5.41, 5.74) is 4.48. The molecular formula is C25H21F2N5O2S. The predicted molar refractivity (Wildman–Crippen MR) is 132 cm³/mol. The maximum atomic E-state index is 14.6. The summed E-state index contributed by atoms with van der Waals surface area (Å²) in [5, 5.41) is 4.20. The Morgan fingerprint density at radius 1 is 0.971 bits per heavy atom. The normalized spacial score (nSPS) is 11.8. The minimum atomic E-state index is -3.60. The van der Waals surface area contributed by atoms with E-state index in [9.17, 15) is 17.2 Å². The van der Waals surface area contributed by atoms with Crippen LogP contribution in [0.1, 0.15) is 6.92 Å². The molecule has 0 unspecified atom stereocenters. The third-order valence-corrected chi connectivity index (χ3v) is 6.98. The molecule has 5 rings (SSSR count). The van der Waals surface area contributed by atoms with Crippen LogP contribution in [0.25, 0.3) is 39.0 Å². The molecular weight excluding hydrogens is 472 g/mol. The summed E-state index contributed by atoms with van der Waals surface area (Å²) in [7, 11) is -1.76. The van der Waals surface area contributed by atoms with Gasteiger partial charge < -0.3 is 0 Å². The number of nitrogens with one attached hydrogen (secondary N) is 1. The van der Waals surface area contributed by atoms with Crippen LogP contribution in [-0.4, -0.2) is 33.5 Å². The first-order valence-corrected chi connectivity index (χ1v) is 12.4. The minimum absolute atomic E-state index is 0.0204. The van der Waals surface area contributed by atoms with Crippen molar-refractivity contribution in [2.45, 2.75) is 6.92 Å². The maximum Gasteiger partial charge on any atom is 0.232 e. The van der Waals surface area contributed by atoms with Gasteiger partial charge in [0.2, 0.25) is 10.0 Å². The van der Waals surface area contributed by atoms with Crippen molar-refractivity contribution in [3.8, 4) is 27.9 Å². The number of fused-ring (bicyclic) bond motifs is 1. The monoisotopic (exact) mass is 493 g/mol. The Balaban J connectivity index is 1.66. The third-order valence-electron chi connectivity index (χ3n) is 5.67. The molecule has 0 bridgehead atoms. The number of aromatic nitrogens is 4. The molecule has 3 aromatic carbocycles. The number of aryl methyl sites for hydroxylation is 1. The van der Waals surface area contributed by atoms with E-state index < -0.39 is 21.7 Å². The summed E-state index contributed by atoms with van der Waals surface area (Å²) in [5.74, 6) is -1.35. The van der Waals surface area contributed by atoms with Gasteiger partial charge in [0.25, 0.3) is 0 Å². The van der Waals surface area contributed by atoms with Gasteiger partial charge in [-0.25, -0.2) is 22.2 Å². The smallest absolute Gasteiger partial charge is 0.232 e. The van der Waals surface area contributed by atoms with E-state index in [0.29, 0.717) is 16.8 Å². The molecule has 0 fully saturated rings. The number of rotatable bonds is 6. The molecule has 0 spiro atoms. The van der Waals surface area contributed by atoms with E-state index >= 15 is 0 Å². The highest BCUT2D eigenvalue weighted by atomic mass is 32.2. The highest BCUT2D eigenvalue weighted by Crippen LogP contribution is 2.32. The molecule has 0 radical (unpaired) electrons. The Bertz CT molecular complexity index is 1670. The van der Waals surface area contributed by atoms with Crippen LogP contribution in [0.4, 0.5) is 14.5 Å². The number of anilines is 1. The van der Waals surface area contributed by atoms with Gasteiger partial charge >= 0.3 is 0 Å². The average molecular weight is 494 g/mol. The lowest BCUT2D eigenvalue weighted by atomic mass is 10.0. The van der Waals surface area contributed by atoms with Crippen molar-refractivity contribution >= 4 is 26.7 Å². The topological polar surface area (TPSA) is 81.8 Å². The van der Waals surface area contributed by atoms with E-state index in [4.69, 9.17) is 0 Å². The first kappa shape index (κ1) is 22.7. The Morgan fingerprint density at radius 3 is 2.54 bits per heavy atom. The van der Waals surface area contributed by atoms with Crippen molar-refractivity contribution in [3.63, 3.8) is 0 Å². The molecule has 5 aromatic rings. The zero-order valence-electron chi connectivity index (χ0n) is 18.9.